The number of carbonyl (C=O) groups is 1. The highest BCUT2D eigenvalue weighted by molar-refractivity contribution is 5.77. The first kappa shape index (κ1) is 12.6. The fourth-order valence-electron chi connectivity index (χ4n) is 1.61. The Morgan fingerprint density at radius 2 is 1.75 bits per heavy atom. The number of benzene rings is 1. The van der Waals surface area contributed by atoms with Crippen LogP contribution in [0.25, 0.3) is 0 Å². The van der Waals surface area contributed by atoms with Crippen molar-refractivity contribution in [1.29, 1.82) is 0 Å². The van der Waals surface area contributed by atoms with E-state index in [0.29, 0.717) is 17.1 Å². The fourth-order valence-corrected chi connectivity index (χ4v) is 1.61. The summed E-state index contributed by atoms with van der Waals surface area (Å²) in [6, 6.07) is 3.52. The molecule has 0 aliphatic heterocycles. The molecule has 1 aromatic carbocycles. The smallest absolute Gasteiger partial charge is 0.164 e. The van der Waals surface area contributed by atoms with Crippen LogP contribution in [0.15, 0.2) is 12.1 Å². The van der Waals surface area contributed by atoms with Gasteiger partial charge in [0, 0.05) is 11.1 Å². The van der Waals surface area contributed by atoms with E-state index in [1.54, 1.807) is 20.3 Å². The largest absolute Gasteiger partial charge is 0.493 e. The SMILES string of the molecule is COc1cc(C=O)cc(C(C)(C)C)c1OC. The summed E-state index contributed by atoms with van der Waals surface area (Å²) in [5, 5.41) is 0. The maximum absolute atomic E-state index is 10.9. The molecule has 0 aromatic heterocycles. The van der Waals surface area contributed by atoms with Crippen molar-refractivity contribution in [2.45, 2.75) is 26.2 Å². The van der Waals surface area contributed by atoms with Crippen LogP contribution < -0.4 is 9.47 Å². The summed E-state index contributed by atoms with van der Waals surface area (Å²) in [6.07, 6.45) is 0.817. The summed E-state index contributed by atoms with van der Waals surface area (Å²) >= 11 is 0. The van der Waals surface area contributed by atoms with Crippen molar-refractivity contribution < 1.29 is 14.3 Å². The Kier molecular flexibility index (Phi) is 3.58. The van der Waals surface area contributed by atoms with Crippen LogP contribution in [0.5, 0.6) is 11.5 Å². The Hall–Kier alpha value is -1.51. The molecule has 3 heteroatoms. The number of methoxy groups -OCH3 is 2. The van der Waals surface area contributed by atoms with Crippen molar-refractivity contribution >= 4 is 6.29 Å². The molecule has 0 fully saturated rings. The van der Waals surface area contributed by atoms with E-state index in [1.807, 2.05) is 6.07 Å². The first-order valence-corrected chi connectivity index (χ1v) is 5.15. The highest BCUT2D eigenvalue weighted by Gasteiger charge is 2.22. The van der Waals surface area contributed by atoms with E-state index >= 15 is 0 Å². The molecular formula is C13H18O3. The van der Waals surface area contributed by atoms with E-state index in [1.165, 1.54) is 0 Å². The molecular weight excluding hydrogens is 204 g/mol. The minimum atomic E-state index is -0.0996. The predicted octanol–water partition coefficient (Wildman–Crippen LogP) is 2.81. The van der Waals surface area contributed by atoms with Crippen molar-refractivity contribution in [1.82, 2.24) is 0 Å². The van der Waals surface area contributed by atoms with E-state index in [4.69, 9.17) is 9.47 Å². The molecule has 0 saturated carbocycles. The quantitative estimate of drug-likeness (QED) is 0.738. The lowest BCUT2D eigenvalue weighted by Crippen LogP contribution is -2.14. The number of ether oxygens (including phenoxy) is 2. The molecule has 0 aliphatic rings. The molecule has 88 valence electrons. The van der Waals surface area contributed by atoms with Crippen LogP contribution in [-0.2, 0) is 5.41 Å². The second-order valence-corrected chi connectivity index (χ2v) is 4.67. The molecule has 16 heavy (non-hydrogen) atoms. The average molecular weight is 222 g/mol. The van der Waals surface area contributed by atoms with E-state index in [2.05, 4.69) is 20.8 Å². The minimum Gasteiger partial charge on any atom is -0.493 e. The highest BCUT2D eigenvalue weighted by atomic mass is 16.5. The molecule has 3 nitrogen and oxygen atoms in total. The van der Waals surface area contributed by atoms with Gasteiger partial charge in [-0.15, -0.1) is 0 Å². The standard InChI is InChI=1S/C13H18O3/c1-13(2,3)10-6-9(8-14)7-11(15-4)12(10)16-5/h6-8H,1-5H3. The Balaban J connectivity index is 3.49. The van der Waals surface area contributed by atoms with Gasteiger partial charge in [-0.3, -0.25) is 4.79 Å². The van der Waals surface area contributed by atoms with E-state index in [0.717, 1.165) is 11.8 Å². The van der Waals surface area contributed by atoms with Crippen LogP contribution in [0.4, 0.5) is 0 Å². The third kappa shape index (κ3) is 2.35. The van der Waals surface area contributed by atoms with E-state index < -0.39 is 0 Å². The summed E-state index contributed by atoms with van der Waals surface area (Å²) in [5.41, 5.74) is 1.47. The summed E-state index contributed by atoms with van der Waals surface area (Å²) < 4.78 is 10.6. The first-order chi connectivity index (χ1) is 7.43. The molecule has 0 atom stereocenters. The predicted molar refractivity (Wildman–Crippen MR) is 63.6 cm³/mol. The Labute approximate surface area is 96.4 Å². The fraction of sp³-hybridized carbons (Fsp3) is 0.462. The Bertz CT molecular complexity index is 389. The van der Waals surface area contributed by atoms with Gasteiger partial charge in [0.2, 0.25) is 0 Å². The molecule has 0 bridgehead atoms. The number of hydrogen-bond donors (Lipinski definition) is 0. The number of aldehydes is 1. The minimum absolute atomic E-state index is 0.0996. The molecule has 0 heterocycles. The van der Waals surface area contributed by atoms with Gasteiger partial charge < -0.3 is 9.47 Å². The van der Waals surface area contributed by atoms with Crippen LogP contribution in [-0.4, -0.2) is 20.5 Å². The van der Waals surface area contributed by atoms with E-state index in [-0.39, 0.29) is 5.41 Å². The van der Waals surface area contributed by atoms with Crippen LogP contribution in [0.2, 0.25) is 0 Å². The maximum atomic E-state index is 10.9. The van der Waals surface area contributed by atoms with Gasteiger partial charge in [0.05, 0.1) is 14.2 Å². The first-order valence-electron chi connectivity index (χ1n) is 5.15. The zero-order valence-electron chi connectivity index (χ0n) is 10.5. The van der Waals surface area contributed by atoms with Gasteiger partial charge in [-0.1, -0.05) is 20.8 Å². The molecule has 0 N–H and O–H groups in total. The summed E-state index contributed by atoms with van der Waals surface area (Å²) in [4.78, 5) is 10.9. The average Bonchev–Trinajstić information content (AvgIpc) is 2.25. The maximum Gasteiger partial charge on any atom is 0.164 e. The number of carbonyl (C=O) groups excluding carboxylic acids is 1. The van der Waals surface area contributed by atoms with Gasteiger partial charge in [0.15, 0.2) is 11.5 Å². The normalized spacial score (nSPS) is 11.1. The lowest BCUT2D eigenvalue weighted by atomic mass is 9.85. The summed E-state index contributed by atoms with van der Waals surface area (Å²) in [7, 11) is 3.17. The third-order valence-electron chi connectivity index (χ3n) is 2.45. The van der Waals surface area contributed by atoms with Crippen LogP contribution in [0.3, 0.4) is 0 Å². The lowest BCUT2D eigenvalue weighted by molar-refractivity contribution is 0.112. The monoisotopic (exact) mass is 222 g/mol. The number of hydrogen-bond acceptors (Lipinski definition) is 3. The molecule has 0 saturated heterocycles. The van der Waals surface area contributed by atoms with Crippen molar-refractivity contribution in [3.8, 4) is 11.5 Å². The van der Waals surface area contributed by atoms with Gasteiger partial charge in [-0.25, -0.2) is 0 Å². The topological polar surface area (TPSA) is 35.5 Å². The third-order valence-corrected chi connectivity index (χ3v) is 2.45. The van der Waals surface area contributed by atoms with Gasteiger partial charge in [0.25, 0.3) is 0 Å². The van der Waals surface area contributed by atoms with Gasteiger partial charge >= 0.3 is 0 Å². The van der Waals surface area contributed by atoms with Crippen molar-refractivity contribution in [3.05, 3.63) is 23.3 Å². The molecule has 0 amide bonds. The van der Waals surface area contributed by atoms with Crippen molar-refractivity contribution in [3.63, 3.8) is 0 Å². The molecule has 0 radical (unpaired) electrons. The summed E-state index contributed by atoms with van der Waals surface area (Å²) in [6.45, 7) is 6.20. The molecule has 1 aromatic rings. The van der Waals surface area contributed by atoms with Crippen LogP contribution in [0.1, 0.15) is 36.7 Å². The van der Waals surface area contributed by atoms with Crippen molar-refractivity contribution in [2.75, 3.05) is 14.2 Å². The van der Waals surface area contributed by atoms with Gasteiger partial charge in [-0.05, 0) is 17.5 Å². The second kappa shape index (κ2) is 4.56. The lowest BCUT2D eigenvalue weighted by Gasteiger charge is -2.23. The molecule has 1 rings (SSSR count). The Morgan fingerprint density at radius 3 is 2.12 bits per heavy atom. The Morgan fingerprint density at radius 1 is 1.12 bits per heavy atom. The van der Waals surface area contributed by atoms with Crippen molar-refractivity contribution in [2.24, 2.45) is 0 Å². The molecule has 0 unspecified atom stereocenters. The molecule has 0 aliphatic carbocycles. The zero-order chi connectivity index (χ0) is 12.3. The van der Waals surface area contributed by atoms with Crippen LogP contribution in [0, 0.1) is 0 Å². The van der Waals surface area contributed by atoms with Gasteiger partial charge in [-0.2, -0.15) is 0 Å². The second-order valence-electron chi connectivity index (χ2n) is 4.67. The highest BCUT2D eigenvalue weighted by Crippen LogP contribution is 2.39. The van der Waals surface area contributed by atoms with Crippen LogP contribution >= 0.6 is 0 Å². The van der Waals surface area contributed by atoms with E-state index in [9.17, 15) is 4.79 Å². The molecule has 0 spiro atoms. The summed E-state index contributed by atoms with van der Waals surface area (Å²) in [5.74, 6) is 1.29. The number of rotatable bonds is 3. The zero-order valence-corrected chi connectivity index (χ0v) is 10.5. The van der Waals surface area contributed by atoms with Gasteiger partial charge in [0.1, 0.15) is 6.29 Å².